The largest absolute Gasteiger partial charge is 0.352 e. The highest BCUT2D eigenvalue weighted by Gasteiger charge is 2.51. The smallest absolute Gasteiger partial charge is 0.230 e. The lowest BCUT2D eigenvalue weighted by atomic mass is 9.95. The number of amides is 1. The second kappa shape index (κ2) is 4.26. The summed E-state index contributed by atoms with van der Waals surface area (Å²) in [5.41, 5.74) is 6.36. The first-order chi connectivity index (χ1) is 7.69. The monoisotopic (exact) mass is 218 g/mol. The summed E-state index contributed by atoms with van der Waals surface area (Å²) in [6.45, 7) is 2.41. The van der Waals surface area contributed by atoms with Crippen LogP contribution in [0.1, 0.15) is 25.3 Å². The van der Waals surface area contributed by atoms with Crippen molar-refractivity contribution in [3.63, 3.8) is 0 Å². The van der Waals surface area contributed by atoms with Crippen LogP contribution in [0.15, 0.2) is 30.3 Å². The topological polar surface area (TPSA) is 55.1 Å². The van der Waals surface area contributed by atoms with Gasteiger partial charge in [-0.3, -0.25) is 4.79 Å². The molecule has 0 aliphatic heterocycles. The van der Waals surface area contributed by atoms with Crippen LogP contribution in [-0.2, 0) is 10.2 Å². The molecule has 3 nitrogen and oxygen atoms in total. The van der Waals surface area contributed by atoms with E-state index in [4.69, 9.17) is 5.73 Å². The Bertz CT molecular complexity index is 371. The van der Waals surface area contributed by atoms with Crippen molar-refractivity contribution in [3.8, 4) is 0 Å². The van der Waals surface area contributed by atoms with E-state index in [0.717, 1.165) is 18.4 Å². The van der Waals surface area contributed by atoms with Gasteiger partial charge in [-0.15, -0.1) is 0 Å². The van der Waals surface area contributed by atoms with Crippen LogP contribution in [0.4, 0.5) is 0 Å². The Balaban J connectivity index is 2.12. The van der Waals surface area contributed by atoms with E-state index in [9.17, 15) is 4.79 Å². The van der Waals surface area contributed by atoms with Crippen LogP contribution in [-0.4, -0.2) is 18.5 Å². The number of carbonyl (C=O) groups excluding carboxylic acids is 1. The van der Waals surface area contributed by atoms with E-state index in [0.29, 0.717) is 6.54 Å². The zero-order chi connectivity index (χ0) is 11.6. The molecule has 1 aliphatic carbocycles. The van der Waals surface area contributed by atoms with E-state index in [1.165, 1.54) is 0 Å². The normalized spacial score (nSPS) is 18.9. The van der Waals surface area contributed by atoms with Gasteiger partial charge in [0.15, 0.2) is 0 Å². The minimum atomic E-state index is -0.273. The molecule has 1 atom stereocenters. The Morgan fingerprint density at radius 3 is 2.56 bits per heavy atom. The number of nitrogens with one attached hydrogen (secondary N) is 1. The number of hydrogen-bond donors (Lipinski definition) is 2. The van der Waals surface area contributed by atoms with Crippen LogP contribution >= 0.6 is 0 Å². The molecule has 1 aromatic carbocycles. The lowest BCUT2D eigenvalue weighted by Gasteiger charge is -2.18. The van der Waals surface area contributed by atoms with Crippen molar-refractivity contribution in [1.29, 1.82) is 0 Å². The third-order valence-corrected chi connectivity index (χ3v) is 3.24. The van der Waals surface area contributed by atoms with Crippen molar-refractivity contribution in [1.82, 2.24) is 5.32 Å². The molecular formula is C13H18N2O. The SMILES string of the molecule is C[C@H](CN)NC(=O)C1(c2ccccc2)CC1. The molecule has 0 radical (unpaired) electrons. The molecule has 0 spiro atoms. The second-order valence-corrected chi connectivity index (χ2v) is 4.56. The van der Waals surface area contributed by atoms with Crippen molar-refractivity contribution in [2.24, 2.45) is 5.73 Å². The first kappa shape index (κ1) is 11.1. The number of benzene rings is 1. The molecule has 1 aliphatic rings. The third kappa shape index (κ3) is 1.95. The highest BCUT2D eigenvalue weighted by molar-refractivity contribution is 5.91. The zero-order valence-electron chi connectivity index (χ0n) is 9.57. The summed E-state index contributed by atoms with van der Waals surface area (Å²) in [4.78, 5) is 12.1. The fourth-order valence-electron chi connectivity index (χ4n) is 1.95. The summed E-state index contributed by atoms with van der Waals surface area (Å²) >= 11 is 0. The Labute approximate surface area is 96.0 Å². The van der Waals surface area contributed by atoms with Crippen molar-refractivity contribution < 1.29 is 4.79 Å². The predicted octanol–water partition coefficient (Wildman–Crippen LogP) is 1.18. The van der Waals surface area contributed by atoms with E-state index in [-0.39, 0.29) is 17.4 Å². The van der Waals surface area contributed by atoms with E-state index < -0.39 is 0 Å². The summed E-state index contributed by atoms with van der Waals surface area (Å²) in [5, 5.41) is 2.97. The maximum atomic E-state index is 12.1. The molecule has 1 aromatic rings. The summed E-state index contributed by atoms with van der Waals surface area (Å²) in [6.07, 6.45) is 1.89. The molecule has 0 unspecified atom stereocenters. The molecule has 1 saturated carbocycles. The minimum absolute atomic E-state index is 0.0497. The van der Waals surface area contributed by atoms with Gasteiger partial charge in [-0.25, -0.2) is 0 Å². The second-order valence-electron chi connectivity index (χ2n) is 4.56. The summed E-state index contributed by atoms with van der Waals surface area (Å²) < 4.78 is 0. The highest BCUT2D eigenvalue weighted by Crippen LogP contribution is 2.48. The lowest BCUT2D eigenvalue weighted by molar-refractivity contribution is -0.124. The molecule has 86 valence electrons. The Hall–Kier alpha value is -1.35. The van der Waals surface area contributed by atoms with Gasteiger partial charge in [0.2, 0.25) is 5.91 Å². The Morgan fingerprint density at radius 1 is 1.44 bits per heavy atom. The quantitative estimate of drug-likeness (QED) is 0.797. The average molecular weight is 218 g/mol. The van der Waals surface area contributed by atoms with Crippen LogP contribution in [0.25, 0.3) is 0 Å². The molecule has 3 N–H and O–H groups in total. The lowest BCUT2D eigenvalue weighted by Crippen LogP contribution is -2.43. The number of hydrogen-bond acceptors (Lipinski definition) is 2. The molecule has 0 saturated heterocycles. The van der Waals surface area contributed by atoms with Gasteiger partial charge >= 0.3 is 0 Å². The van der Waals surface area contributed by atoms with Gasteiger partial charge < -0.3 is 11.1 Å². The predicted molar refractivity (Wildman–Crippen MR) is 64.0 cm³/mol. The highest BCUT2D eigenvalue weighted by atomic mass is 16.2. The van der Waals surface area contributed by atoms with Gasteiger partial charge in [-0.2, -0.15) is 0 Å². The summed E-state index contributed by atoms with van der Waals surface area (Å²) in [5.74, 6) is 0.122. The molecule has 0 heterocycles. The van der Waals surface area contributed by atoms with Gasteiger partial charge in [0.25, 0.3) is 0 Å². The molecule has 1 fully saturated rings. The standard InChI is InChI=1S/C13H18N2O/c1-10(9-14)15-12(16)13(7-8-13)11-5-3-2-4-6-11/h2-6,10H,7-9,14H2,1H3,(H,15,16)/t10-/m1/s1. The molecule has 2 rings (SSSR count). The summed E-state index contributed by atoms with van der Waals surface area (Å²) in [7, 11) is 0. The van der Waals surface area contributed by atoms with Crippen LogP contribution in [0.5, 0.6) is 0 Å². The van der Waals surface area contributed by atoms with Crippen molar-refractivity contribution in [2.75, 3.05) is 6.54 Å². The van der Waals surface area contributed by atoms with E-state index in [1.54, 1.807) is 0 Å². The Kier molecular flexibility index (Phi) is 2.97. The fourth-order valence-corrected chi connectivity index (χ4v) is 1.95. The maximum absolute atomic E-state index is 12.1. The molecule has 0 aromatic heterocycles. The van der Waals surface area contributed by atoms with Gasteiger partial charge in [0.1, 0.15) is 0 Å². The first-order valence-corrected chi connectivity index (χ1v) is 5.75. The maximum Gasteiger partial charge on any atom is 0.230 e. The van der Waals surface area contributed by atoms with Crippen molar-refractivity contribution in [2.45, 2.75) is 31.2 Å². The van der Waals surface area contributed by atoms with Gasteiger partial charge in [0, 0.05) is 12.6 Å². The number of rotatable bonds is 4. The minimum Gasteiger partial charge on any atom is -0.352 e. The van der Waals surface area contributed by atoms with Crippen LogP contribution < -0.4 is 11.1 Å². The van der Waals surface area contributed by atoms with Gasteiger partial charge in [-0.1, -0.05) is 30.3 Å². The first-order valence-electron chi connectivity index (χ1n) is 5.75. The van der Waals surface area contributed by atoms with Gasteiger partial charge in [0.05, 0.1) is 5.41 Å². The fraction of sp³-hybridized carbons (Fsp3) is 0.462. The summed E-state index contributed by atoms with van der Waals surface area (Å²) in [6, 6.07) is 10.0. The van der Waals surface area contributed by atoms with Crippen molar-refractivity contribution >= 4 is 5.91 Å². The zero-order valence-corrected chi connectivity index (χ0v) is 9.57. The number of carbonyl (C=O) groups is 1. The molecule has 3 heteroatoms. The van der Waals surface area contributed by atoms with Crippen LogP contribution in [0.2, 0.25) is 0 Å². The Morgan fingerprint density at radius 2 is 2.06 bits per heavy atom. The van der Waals surface area contributed by atoms with E-state index in [1.807, 2.05) is 37.3 Å². The number of nitrogens with two attached hydrogens (primary N) is 1. The van der Waals surface area contributed by atoms with E-state index in [2.05, 4.69) is 5.32 Å². The molecule has 0 bridgehead atoms. The molecule has 1 amide bonds. The van der Waals surface area contributed by atoms with Crippen LogP contribution in [0, 0.1) is 0 Å². The van der Waals surface area contributed by atoms with E-state index >= 15 is 0 Å². The van der Waals surface area contributed by atoms with Crippen molar-refractivity contribution in [3.05, 3.63) is 35.9 Å². The average Bonchev–Trinajstić information content (AvgIpc) is 3.11. The molecule has 16 heavy (non-hydrogen) atoms. The molecular weight excluding hydrogens is 200 g/mol. The van der Waals surface area contributed by atoms with Crippen LogP contribution in [0.3, 0.4) is 0 Å². The van der Waals surface area contributed by atoms with Gasteiger partial charge in [-0.05, 0) is 25.3 Å². The third-order valence-electron chi connectivity index (χ3n) is 3.24.